The Balaban J connectivity index is 2.76. The highest BCUT2D eigenvalue weighted by molar-refractivity contribution is 6.02. The van der Waals surface area contributed by atoms with Crippen LogP contribution in [0.1, 0.15) is 16.1 Å². The Morgan fingerprint density at radius 3 is 2.94 bits per heavy atom. The highest BCUT2D eigenvalue weighted by Crippen LogP contribution is 2.21. The van der Waals surface area contributed by atoms with E-state index in [0.717, 1.165) is 0 Å². The Morgan fingerprint density at radius 1 is 1.53 bits per heavy atom. The van der Waals surface area contributed by atoms with Crippen LogP contribution >= 0.6 is 0 Å². The van der Waals surface area contributed by atoms with Gasteiger partial charge >= 0.3 is 5.97 Å². The number of nitrogens with zero attached hydrogens (tertiary/aromatic N) is 1. The van der Waals surface area contributed by atoms with E-state index in [1.807, 2.05) is 0 Å². The molecule has 0 aliphatic heterocycles. The number of aromatic carboxylic acids is 1. The minimum atomic E-state index is -1.08. The summed E-state index contributed by atoms with van der Waals surface area (Å²) in [5.41, 5.74) is 0.667. The maximum Gasteiger partial charge on any atom is 0.336 e. The van der Waals surface area contributed by atoms with E-state index in [0.29, 0.717) is 17.6 Å². The second-order valence-corrected chi connectivity index (χ2v) is 3.63. The molecule has 2 aromatic rings. The molecule has 0 radical (unpaired) electrons. The van der Waals surface area contributed by atoms with Crippen molar-refractivity contribution in [1.82, 2.24) is 10.3 Å². The number of fused-ring (bicyclic) bond motifs is 1. The minimum absolute atomic E-state index is 0.0692. The Kier molecular flexibility index (Phi) is 3.01. The summed E-state index contributed by atoms with van der Waals surface area (Å²) >= 11 is 0. The molecule has 0 atom stereocenters. The minimum Gasteiger partial charge on any atom is -0.478 e. The number of carboxylic acid groups (broad SMARTS) is 1. The number of rotatable bonds is 3. The maximum absolute atomic E-state index is 13.6. The zero-order valence-corrected chi connectivity index (χ0v) is 9.20. The fourth-order valence-electron chi connectivity index (χ4n) is 1.72. The summed E-state index contributed by atoms with van der Waals surface area (Å²) in [6, 6.07) is 5.76. The van der Waals surface area contributed by atoms with Gasteiger partial charge in [-0.3, -0.25) is 0 Å². The predicted molar refractivity (Wildman–Crippen MR) is 61.4 cm³/mol. The molecule has 5 heteroatoms. The molecule has 0 saturated carbocycles. The van der Waals surface area contributed by atoms with Crippen LogP contribution in [0.5, 0.6) is 0 Å². The standard InChI is InChI=1S/C12H11FN2O2/c1-14-6-7-5-9(12(16)17)8-3-2-4-10(13)11(8)15-7/h2-5,14H,6H2,1H3,(H,16,17). The van der Waals surface area contributed by atoms with Gasteiger partial charge in [0.15, 0.2) is 0 Å². The molecule has 0 bridgehead atoms. The largest absolute Gasteiger partial charge is 0.478 e. The first-order valence-corrected chi connectivity index (χ1v) is 5.09. The third-order valence-electron chi connectivity index (χ3n) is 2.43. The van der Waals surface area contributed by atoms with Gasteiger partial charge in [-0.05, 0) is 19.2 Å². The molecule has 0 unspecified atom stereocenters. The van der Waals surface area contributed by atoms with E-state index < -0.39 is 11.8 Å². The van der Waals surface area contributed by atoms with Crippen LogP contribution < -0.4 is 5.32 Å². The van der Waals surface area contributed by atoms with Gasteiger partial charge in [0.1, 0.15) is 11.3 Å². The molecule has 2 N–H and O–H groups in total. The number of carbonyl (C=O) groups is 1. The van der Waals surface area contributed by atoms with Gasteiger partial charge in [0.05, 0.1) is 11.3 Å². The fraction of sp³-hybridized carbons (Fsp3) is 0.167. The van der Waals surface area contributed by atoms with E-state index in [9.17, 15) is 9.18 Å². The summed E-state index contributed by atoms with van der Waals surface area (Å²) in [4.78, 5) is 15.2. The number of aromatic nitrogens is 1. The molecule has 0 saturated heterocycles. The molecule has 1 aromatic heterocycles. The van der Waals surface area contributed by atoms with Crippen molar-refractivity contribution in [2.75, 3.05) is 7.05 Å². The van der Waals surface area contributed by atoms with Crippen molar-refractivity contribution < 1.29 is 14.3 Å². The van der Waals surface area contributed by atoms with E-state index in [2.05, 4.69) is 10.3 Å². The maximum atomic E-state index is 13.6. The smallest absolute Gasteiger partial charge is 0.336 e. The highest BCUT2D eigenvalue weighted by atomic mass is 19.1. The van der Waals surface area contributed by atoms with Gasteiger partial charge < -0.3 is 10.4 Å². The Bertz CT molecular complexity index is 584. The van der Waals surface area contributed by atoms with Crippen LogP contribution in [0.25, 0.3) is 10.9 Å². The van der Waals surface area contributed by atoms with Crippen molar-refractivity contribution in [3.63, 3.8) is 0 Å². The Labute approximate surface area is 97.1 Å². The highest BCUT2D eigenvalue weighted by Gasteiger charge is 2.13. The number of carboxylic acids is 1. The third kappa shape index (κ3) is 2.09. The van der Waals surface area contributed by atoms with Crippen LogP contribution in [-0.4, -0.2) is 23.1 Å². The summed E-state index contributed by atoms with van der Waals surface area (Å²) in [7, 11) is 1.72. The molecule has 88 valence electrons. The van der Waals surface area contributed by atoms with Crippen LogP contribution in [0.4, 0.5) is 4.39 Å². The zero-order valence-electron chi connectivity index (χ0n) is 9.20. The van der Waals surface area contributed by atoms with E-state index in [-0.39, 0.29) is 11.1 Å². The Morgan fingerprint density at radius 2 is 2.29 bits per heavy atom. The van der Waals surface area contributed by atoms with Crippen LogP contribution in [-0.2, 0) is 6.54 Å². The molecule has 2 rings (SSSR count). The van der Waals surface area contributed by atoms with Gasteiger partial charge in [-0.15, -0.1) is 0 Å². The number of hydrogen-bond donors (Lipinski definition) is 2. The number of benzene rings is 1. The lowest BCUT2D eigenvalue weighted by Crippen LogP contribution is -2.09. The summed E-state index contributed by atoms with van der Waals surface area (Å²) in [6.45, 7) is 0.393. The zero-order chi connectivity index (χ0) is 12.4. The summed E-state index contributed by atoms with van der Waals surface area (Å²) in [5, 5.41) is 12.3. The molecule has 0 amide bonds. The number of hydrogen-bond acceptors (Lipinski definition) is 3. The molecule has 0 aliphatic rings. The second-order valence-electron chi connectivity index (χ2n) is 3.63. The molecular formula is C12H11FN2O2. The quantitative estimate of drug-likeness (QED) is 0.849. The second kappa shape index (κ2) is 4.47. The SMILES string of the molecule is CNCc1cc(C(=O)O)c2cccc(F)c2n1. The Hall–Kier alpha value is -2.01. The van der Waals surface area contributed by atoms with Gasteiger partial charge in [0.2, 0.25) is 0 Å². The molecule has 1 aromatic carbocycles. The molecule has 4 nitrogen and oxygen atoms in total. The van der Waals surface area contributed by atoms with Crippen molar-refractivity contribution in [3.8, 4) is 0 Å². The van der Waals surface area contributed by atoms with E-state index >= 15 is 0 Å². The first kappa shape index (κ1) is 11.5. The molecule has 1 heterocycles. The average Bonchev–Trinajstić information content (AvgIpc) is 2.29. The lowest BCUT2D eigenvalue weighted by atomic mass is 10.1. The topological polar surface area (TPSA) is 62.2 Å². The van der Waals surface area contributed by atoms with Crippen molar-refractivity contribution in [2.24, 2.45) is 0 Å². The van der Waals surface area contributed by atoms with E-state index in [1.165, 1.54) is 18.2 Å². The van der Waals surface area contributed by atoms with Gasteiger partial charge in [0.25, 0.3) is 0 Å². The summed E-state index contributed by atoms with van der Waals surface area (Å²) < 4.78 is 13.6. The molecule has 0 fully saturated rings. The van der Waals surface area contributed by atoms with Gasteiger partial charge in [-0.25, -0.2) is 14.2 Å². The van der Waals surface area contributed by atoms with Crippen molar-refractivity contribution >= 4 is 16.9 Å². The lowest BCUT2D eigenvalue weighted by molar-refractivity contribution is 0.0699. The number of para-hydroxylation sites is 1. The lowest BCUT2D eigenvalue weighted by Gasteiger charge is -2.06. The normalized spacial score (nSPS) is 10.7. The van der Waals surface area contributed by atoms with Crippen LogP contribution in [0.2, 0.25) is 0 Å². The number of pyridine rings is 1. The molecule has 0 aliphatic carbocycles. The molecule has 17 heavy (non-hydrogen) atoms. The molecule has 0 spiro atoms. The van der Waals surface area contributed by atoms with Crippen LogP contribution in [0.15, 0.2) is 24.3 Å². The van der Waals surface area contributed by atoms with Gasteiger partial charge in [-0.1, -0.05) is 12.1 Å². The van der Waals surface area contributed by atoms with Crippen LogP contribution in [0, 0.1) is 5.82 Å². The third-order valence-corrected chi connectivity index (χ3v) is 2.43. The first-order valence-electron chi connectivity index (χ1n) is 5.09. The summed E-state index contributed by atoms with van der Waals surface area (Å²) in [5.74, 6) is -1.59. The van der Waals surface area contributed by atoms with Gasteiger partial charge in [0, 0.05) is 11.9 Å². The number of nitrogens with one attached hydrogen (secondary N) is 1. The van der Waals surface area contributed by atoms with Gasteiger partial charge in [-0.2, -0.15) is 0 Å². The van der Waals surface area contributed by atoms with E-state index in [4.69, 9.17) is 5.11 Å². The number of halogens is 1. The summed E-state index contributed by atoms with van der Waals surface area (Å²) in [6.07, 6.45) is 0. The van der Waals surface area contributed by atoms with E-state index in [1.54, 1.807) is 13.1 Å². The monoisotopic (exact) mass is 234 g/mol. The van der Waals surface area contributed by atoms with Crippen LogP contribution in [0.3, 0.4) is 0 Å². The predicted octanol–water partition coefficient (Wildman–Crippen LogP) is 1.79. The van der Waals surface area contributed by atoms with Crippen molar-refractivity contribution in [1.29, 1.82) is 0 Å². The molecular weight excluding hydrogens is 223 g/mol. The first-order chi connectivity index (χ1) is 8.13. The van der Waals surface area contributed by atoms with Crippen molar-refractivity contribution in [2.45, 2.75) is 6.54 Å². The fourth-order valence-corrected chi connectivity index (χ4v) is 1.72. The van der Waals surface area contributed by atoms with Crippen molar-refractivity contribution in [3.05, 3.63) is 41.3 Å². The average molecular weight is 234 g/mol.